The molecule has 0 aliphatic carbocycles. The fourth-order valence-corrected chi connectivity index (χ4v) is 4.47. The molecule has 22 heavy (non-hydrogen) atoms. The van der Waals surface area contributed by atoms with Crippen LogP contribution in [-0.4, -0.2) is 27.9 Å². The Labute approximate surface area is 134 Å². The number of carbonyl (C=O) groups excluding carboxylic acids is 1. The molecule has 0 bridgehead atoms. The molecule has 3 rings (SSSR count). The average molecular weight is 317 g/mol. The molecule has 0 aromatic heterocycles. The highest BCUT2D eigenvalue weighted by molar-refractivity contribution is 8.03. The van der Waals surface area contributed by atoms with Gasteiger partial charge in [0.15, 0.2) is 0 Å². The Kier molecular flexibility index (Phi) is 4.25. The first-order chi connectivity index (χ1) is 10.6. The van der Waals surface area contributed by atoms with Gasteiger partial charge in [0.1, 0.15) is 5.70 Å². The molecule has 0 saturated carbocycles. The minimum Gasteiger partial charge on any atom is -0.477 e. The number of hydrogen-bond donors (Lipinski definition) is 1. The summed E-state index contributed by atoms with van der Waals surface area (Å²) < 4.78 is 0. The van der Waals surface area contributed by atoms with Crippen molar-refractivity contribution >= 4 is 23.6 Å². The summed E-state index contributed by atoms with van der Waals surface area (Å²) in [6, 6.07) is 9.84. The lowest BCUT2D eigenvalue weighted by Crippen LogP contribution is -2.52. The number of unbranched alkanes of at least 4 members (excludes halogenated alkanes) is 1. The molecular formula is C17H19NO3S. The highest BCUT2D eigenvalue weighted by Gasteiger charge is 2.53. The van der Waals surface area contributed by atoms with Crippen LogP contribution in [0.15, 0.2) is 45.8 Å². The van der Waals surface area contributed by atoms with Crippen molar-refractivity contribution in [2.45, 2.75) is 43.5 Å². The zero-order valence-corrected chi connectivity index (χ0v) is 13.3. The number of β-lactam (4-membered cyclic amide) rings is 1. The minimum absolute atomic E-state index is 0.0522. The van der Waals surface area contributed by atoms with Crippen molar-refractivity contribution in [2.75, 3.05) is 0 Å². The molecule has 1 aromatic rings. The van der Waals surface area contributed by atoms with E-state index in [0.29, 0.717) is 6.42 Å². The fourth-order valence-electron chi connectivity index (χ4n) is 3.22. The van der Waals surface area contributed by atoms with Gasteiger partial charge in [0.2, 0.25) is 5.91 Å². The van der Waals surface area contributed by atoms with E-state index in [-0.39, 0.29) is 23.6 Å². The van der Waals surface area contributed by atoms with Crippen LogP contribution in [0.1, 0.15) is 32.6 Å². The number of carboxylic acids is 1. The Morgan fingerprint density at radius 3 is 2.68 bits per heavy atom. The molecular weight excluding hydrogens is 298 g/mol. The van der Waals surface area contributed by atoms with Gasteiger partial charge >= 0.3 is 5.97 Å². The van der Waals surface area contributed by atoms with E-state index in [9.17, 15) is 14.7 Å². The van der Waals surface area contributed by atoms with Gasteiger partial charge in [0.05, 0.1) is 6.04 Å². The molecule has 1 N–H and O–H groups in total. The fraction of sp³-hybridized carbons (Fsp3) is 0.412. The summed E-state index contributed by atoms with van der Waals surface area (Å²) in [6.07, 6.45) is 3.54. The van der Waals surface area contributed by atoms with E-state index >= 15 is 0 Å². The summed E-state index contributed by atoms with van der Waals surface area (Å²) in [6.45, 7) is 2.13. The van der Waals surface area contributed by atoms with Gasteiger partial charge in [0.25, 0.3) is 0 Å². The van der Waals surface area contributed by atoms with Crippen LogP contribution in [0.3, 0.4) is 0 Å². The standard InChI is InChI=1S/C17H19NO3S/c1-2-3-9-12-13-10-14(19)18(13)15(17(20)21)16(12)22-11-7-5-4-6-8-11/h4-8,12-13H,2-3,9-10H2,1H3,(H,20,21). The molecule has 1 aromatic carbocycles. The average Bonchev–Trinajstić information content (AvgIpc) is 2.75. The molecule has 5 heteroatoms. The molecule has 2 aliphatic heterocycles. The first-order valence-electron chi connectivity index (χ1n) is 7.66. The monoisotopic (exact) mass is 317 g/mol. The predicted molar refractivity (Wildman–Crippen MR) is 85.2 cm³/mol. The van der Waals surface area contributed by atoms with Crippen molar-refractivity contribution < 1.29 is 14.7 Å². The van der Waals surface area contributed by atoms with Gasteiger partial charge in [-0.2, -0.15) is 0 Å². The Balaban J connectivity index is 1.95. The molecule has 2 unspecified atom stereocenters. The molecule has 1 amide bonds. The Hall–Kier alpha value is -1.75. The first kappa shape index (κ1) is 15.2. The zero-order valence-electron chi connectivity index (χ0n) is 12.5. The summed E-state index contributed by atoms with van der Waals surface area (Å²) in [7, 11) is 0. The molecule has 0 radical (unpaired) electrons. The van der Waals surface area contributed by atoms with E-state index in [1.165, 1.54) is 16.7 Å². The summed E-state index contributed by atoms with van der Waals surface area (Å²) in [5.41, 5.74) is 0.205. The quantitative estimate of drug-likeness (QED) is 0.816. The summed E-state index contributed by atoms with van der Waals surface area (Å²) in [4.78, 5) is 26.9. The number of nitrogens with zero attached hydrogens (tertiary/aromatic N) is 1. The van der Waals surface area contributed by atoms with Gasteiger partial charge in [-0.15, -0.1) is 0 Å². The van der Waals surface area contributed by atoms with Gasteiger partial charge in [-0.25, -0.2) is 4.79 Å². The van der Waals surface area contributed by atoms with E-state index in [1.54, 1.807) is 0 Å². The lowest BCUT2D eigenvalue weighted by molar-refractivity contribution is -0.148. The maximum Gasteiger partial charge on any atom is 0.353 e. The second kappa shape index (κ2) is 6.16. The van der Waals surface area contributed by atoms with Crippen LogP contribution in [0, 0.1) is 5.92 Å². The van der Waals surface area contributed by atoms with E-state index in [0.717, 1.165) is 29.1 Å². The molecule has 1 fully saturated rings. The van der Waals surface area contributed by atoms with Crippen molar-refractivity contribution in [2.24, 2.45) is 5.92 Å². The predicted octanol–water partition coefficient (Wildman–Crippen LogP) is 3.50. The number of hydrogen-bond acceptors (Lipinski definition) is 3. The van der Waals surface area contributed by atoms with Crippen molar-refractivity contribution in [3.8, 4) is 0 Å². The lowest BCUT2D eigenvalue weighted by atomic mass is 9.88. The molecule has 2 heterocycles. The normalized spacial score (nSPS) is 23.5. The van der Waals surface area contributed by atoms with Crippen LogP contribution in [0.25, 0.3) is 0 Å². The SMILES string of the molecule is CCCCC1C(Sc2ccccc2)=C(C(=O)O)N2C(=O)CC12. The zero-order chi connectivity index (χ0) is 15.7. The third kappa shape index (κ3) is 2.54. The number of rotatable bonds is 6. The Morgan fingerprint density at radius 1 is 1.36 bits per heavy atom. The first-order valence-corrected chi connectivity index (χ1v) is 8.47. The maximum absolute atomic E-state index is 11.9. The van der Waals surface area contributed by atoms with Crippen molar-refractivity contribution in [1.29, 1.82) is 0 Å². The smallest absolute Gasteiger partial charge is 0.353 e. The number of carbonyl (C=O) groups is 2. The number of thioether (sulfide) groups is 1. The number of amides is 1. The molecule has 116 valence electrons. The lowest BCUT2D eigenvalue weighted by Gasteiger charge is -2.38. The van der Waals surface area contributed by atoms with Gasteiger partial charge in [0, 0.05) is 22.1 Å². The van der Waals surface area contributed by atoms with Crippen molar-refractivity contribution in [3.05, 3.63) is 40.9 Å². The van der Waals surface area contributed by atoms with Crippen LogP contribution in [0.5, 0.6) is 0 Å². The summed E-state index contributed by atoms with van der Waals surface area (Å²) in [5, 5.41) is 9.58. The van der Waals surface area contributed by atoms with E-state index < -0.39 is 5.97 Å². The topological polar surface area (TPSA) is 57.6 Å². The number of fused-ring (bicyclic) bond motifs is 1. The highest BCUT2D eigenvalue weighted by Crippen LogP contribution is 2.50. The second-order valence-electron chi connectivity index (χ2n) is 5.72. The minimum atomic E-state index is -0.990. The van der Waals surface area contributed by atoms with Crippen LogP contribution in [-0.2, 0) is 9.59 Å². The van der Waals surface area contributed by atoms with Crippen LogP contribution >= 0.6 is 11.8 Å². The largest absolute Gasteiger partial charge is 0.477 e. The summed E-state index contributed by atoms with van der Waals surface area (Å²) in [5.74, 6) is -0.892. The Bertz CT molecular complexity index is 626. The number of carboxylic acid groups (broad SMARTS) is 1. The summed E-state index contributed by atoms with van der Waals surface area (Å²) >= 11 is 1.50. The number of aliphatic carboxylic acids is 1. The molecule has 2 aliphatic rings. The van der Waals surface area contributed by atoms with Gasteiger partial charge in [-0.05, 0) is 18.6 Å². The van der Waals surface area contributed by atoms with E-state index in [2.05, 4.69) is 6.92 Å². The molecule has 4 nitrogen and oxygen atoms in total. The van der Waals surface area contributed by atoms with E-state index in [1.807, 2.05) is 30.3 Å². The van der Waals surface area contributed by atoms with Crippen molar-refractivity contribution in [3.63, 3.8) is 0 Å². The maximum atomic E-state index is 11.9. The van der Waals surface area contributed by atoms with Crippen molar-refractivity contribution in [1.82, 2.24) is 4.90 Å². The molecule has 0 spiro atoms. The van der Waals surface area contributed by atoms with Gasteiger partial charge < -0.3 is 10.0 Å². The number of benzene rings is 1. The molecule has 1 saturated heterocycles. The van der Waals surface area contributed by atoms with Gasteiger partial charge in [-0.3, -0.25) is 4.79 Å². The van der Waals surface area contributed by atoms with Gasteiger partial charge in [-0.1, -0.05) is 49.7 Å². The second-order valence-corrected chi connectivity index (χ2v) is 6.83. The highest BCUT2D eigenvalue weighted by atomic mass is 32.2. The van der Waals surface area contributed by atoms with Crippen LogP contribution in [0.2, 0.25) is 0 Å². The molecule has 2 atom stereocenters. The van der Waals surface area contributed by atoms with E-state index in [4.69, 9.17) is 0 Å². The Morgan fingerprint density at radius 2 is 2.09 bits per heavy atom. The third-order valence-corrected chi connectivity index (χ3v) is 5.53. The van der Waals surface area contributed by atoms with Crippen LogP contribution in [0.4, 0.5) is 0 Å². The van der Waals surface area contributed by atoms with Crippen LogP contribution < -0.4 is 0 Å². The third-order valence-electron chi connectivity index (χ3n) is 4.30.